The van der Waals surface area contributed by atoms with Crippen LogP contribution in [-0.4, -0.2) is 16.1 Å². The molecule has 1 saturated heterocycles. The molecule has 2 heterocycles. The molecule has 0 radical (unpaired) electrons. The predicted molar refractivity (Wildman–Crippen MR) is 75.1 cm³/mol. The van der Waals surface area contributed by atoms with Crippen molar-refractivity contribution in [1.29, 1.82) is 0 Å². The smallest absolute Gasteiger partial charge is 0.290 e. The van der Waals surface area contributed by atoms with Crippen molar-refractivity contribution in [3.05, 3.63) is 39.3 Å². The molecule has 2 N–H and O–H groups in total. The van der Waals surface area contributed by atoms with Gasteiger partial charge in [0, 0.05) is 27.1 Å². The lowest BCUT2D eigenvalue weighted by Gasteiger charge is -1.94. The Labute approximate surface area is 115 Å². The zero-order valence-electron chi connectivity index (χ0n) is 8.99. The summed E-state index contributed by atoms with van der Waals surface area (Å²) in [6.07, 6.45) is 3.54. The zero-order chi connectivity index (χ0) is 12.7. The van der Waals surface area contributed by atoms with Gasteiger partial charge in [-0.25, -0.2) is 0 Å². The number of imide groups is 1. The van der Waals surface area contributed by atoms with Gasteiger partial charge in [-0.05, 0) is 30.0 Å². The molecule has 6 heteroatoms. The third-order valence-electron chi connectivity index (χ3n) is 2.60. The van der Waals surface area contributed by atoms with E-state index in [2.05, 4.69) is 26.2 Å². The molecule has 0 atom stereocenters. The molecule has 0 saturated carbocycles. The molecule has 4 nitrogen and oxygen atoms in total. The topological polar surface area (TPSA) is 62.0 Å². The zero-order valence-corrected chi connectivity index (χ0v) is 11.4. The highest BCUT2D eigenvalue weighted by Crippen LogP contribution is 2.29. The van der Waals surface area contributed by atoms with Crippen LogP contribution < -0.4 is 5.32 Å². The van der Waals surface area contributed by atoms with Gasteiger partial charge in [-0.15, -0.1) is 0 Å². The molecule has 1 aliphatic rings. The molecule has 2 aromatic rings. The van der Waals surface area contributed by atoms with Crippen LogP contribution in [0.1, 0.15) is 5.56 Å². The van der Waals surface area contributed by atoms with Crippen molar-refractivity contribution in [3.8, 4) is 0 Å². The lowest BCUT2D eigenvalue weighted by atomic mass is 10.1. The number of nitrogens with one attached hydrogen (secondary N) is 2. The molecule has 18 heavy (non-hydrogen) atoms. The number of hydrogen-bond acceptors (Lipinski definition) is 3. The molecule has 1 fully saturated rings. The summed E-state index contributed by atoms with van der Waals surface area (Å²) in [5, 5.41) is 2.92. The van der Waals surface area contributed by atoms with E-state index in [1.54, 1.807) is 6.08 Å². The van der Waals surface area contributed by atoms with Gasteiger partial charge in [-0.3, -0.25) is 14.9 Å². The normalized spacial score (nSPS) is 17.7. The Hall–Kier alpha value is -1.53. The molecule has 90 valence electrons. The molecule has 1 aliphatic heterocycles. The average Bonchev–Trinajstić information content (AvgIpc) is 2.84. The van der Waals surface area contributed by atoms with Crippen LogP contribution in [0.5, 0.6) is 0 Å². The van der Waals surface area contributed by atoms with Crippen molar-refractivity contribution in [1.82, 2.24) is 10.3 Å². The van der Waals surface area contributed by atoms with Crippen LogP contribution in [0.2, 0.25) is 0 Å². The van der Waals surface area contributed by atoms with Gasteiger partial charge in [0.15, 0.2) is 0 Å². The maximum Gasteiger partial charge on any atom is 0.290 e. The number of fused-ring (bicyclic) bond motifs is 1. The summed E-state index contributed by atoms with van der Waals surface area (Å²) in [5.74, 6) is -0.337. The molecule has 1 aromatic heterocycles. The van der Waals surface area contributed by atoms with E-state index in [9.17, 15) is 9.59 Å². The molecule has 2 amide bonds. The van der Waals surface area contributed by atoms with Crippen molar-refractivity contribution in [2.45, 2.75) is 0 Å². The number of H-pyrrole nitrogens is 1. The lowest BCUT2D eigenvalue weighted by molar-refractivity contribution is -0.115. The van der Waals surface area contributed by atoms with E-state index >= 15 is 0 Å². The fourth-order valence-electron chi connectivity index (χ4n) is 1.80. The highest BCUT2D eigenvalue weighted by atomic mass is 79.9. The van der Waals surface area contributed by atoms with E-state index < -0.39 is 0 Å². The molecular weight excluding hydrogens is 316 g/mol. The monoisotopic (exact) mass is 322 g/mol. The minimum Gasteiger partial charge on any atom is -0.361 e. The van der Waals surface area contributed by atoms with Crippen LogP contribution in [0.25, 0.3) is 17.0 Å². The Morgan fingerprint density at radius 3 is 2.83 bits per heavy atom. The van der Waals surface area contributed by atoms with Crippen LogP contribution in [0.4, 0.5) is 4.79 Å². The van der Waals surface area contributed by atoms with Crippen molar-refractivity contribution >= 4 is 55.8 Å². The second kappa shape index (κ2) is 4.29. The Balaban J connectivity index is 2.08. The second-order valence-electron chi connectivity index (χ2n) is 3.79. The SMILES string of the molecule is O=C1NC(=O)/C(=C\c2c[nH]c3cc(Br)ccc23)S1. The van der Waals surface area contributed by atoms with Crippen LogP contribution in [0, 0.1) is 0 Å². The Bertz CT molecular complexity index is 705. The minimum atomic E-state index is -0.337. The van der Waals surface area contributed by atoms with Crippen LogP contribution in [-0.2, 0) is 4.79 Å². The number of benzene rings is 1. The molecule has 3 rings (SSSR count). The van der Waals surface area contributed by atoms with Gasteiger partial charge >= 0.3 is 0 Å². The molecule has 0 spiro atoms. The first-order valence-corrected chi connectivity index (χ1v) is 6.76. The van der Waals surface area contributed by atoms with E-state index in [1.807, 2.05) is 24.4 Å². The third kappa shape index (κ3) is 1.97. The highest BCUT2D eigenvalue weighted by Gasteiger charge is 2.25. The number of carbonyl (C=O) groups is 2. The molecule has 0 bridgehead atoms. The quantitative estimate of drug-likeness (QED) is 0.792. The largest absolute Gasteiger partial charge is 0.361 e. The van der Waals surface area contributed by atoms with E-state index in [4.69, 9.17) is 0 Å². The number of aromatic nitrogens is 1. The second-order valence-corrected chi connectivity index (χ2v) is 5.72. The standard InChI is InChI=1S/C12H7BrN2O2S/c13-7-1-2-8-6(5-14-9(8)4-7)3-10-11(16)15-12(17)18-10/h1-5,14H,(H,15,16,17)/b10-3+. The van der Waals surface area contributed by atoms with Crippen molar-refractivity contribution in [2.24, 2.45) is 0 Å². The van der Waals surface area contributed by atoms with Gasteiger partial charge in [0.25, 0.3) is 11.1 Å². The third-order valence-corrected chi connectivity index (χ3v) is 3.91. The molecule has 0 aliphatic carbocycles. The summed E-state index contributed by atoms with van der Waals surface area (Å²) in [6.45, 7) is 0. The number of thioether (sulfide) groups is 1. The fourth-order valence-corrected chi connectivity index (χ4v) is 2.84. The fraction of sp³-hybridized carbons (Fsp3) is 0. The number of halogens is 1. The molecule has 0 unspecified atom stereocenters. The lowest BCUT2D eigenvalue weighted by Crippen LogP contribution is -2.17. The minimum absolute atomic E-state index is 0.325. The van der Waals surface area contributed by atoms with Crippen molar-refractivity contribution in [3.63, 3.8) is 0 Å². The molecule has 1 aromatic carbocycles. The van der Waals surface area contributed by atoms with Crippen LogP contribution in [0.3, 0.4) is 0 Å². The van der Waals surface area contributed by atoms with E-state index in [0.29, 0.717) is 4.91 Å². The first-order chi connectivity index (χ1) is 8.63. The number of rotatable bonds is 1. The van der Waals surface area contributed by atoms with Crippen molar-refractivity contribution in [2.75, 3.05) is 0 Å². The summed E-state index contributed by atoms with van der Waals surface area (Å²) in [7, 11) is 0. The average molecular weight is 323 g/mol. The van der Waals surface area contributed by atoms with Gasteiger partial charge in [0.2, 0.25) is 0 Å². The summed E-state index contributed by atoms with van der Waals surface area (Å²) in [6, 6.07) is 5.86. The summed E-state index contributed by atoms with van der Waals surface area (Å²) in [5.41, 5.74) is 1.87. The van der Waals surface area contributed by atoms with Gasteiger partial charge in [-0.2, -0.15) is 0 Å². The van der Waals surface area contributed by atoms with E-state index in [-0.39, 0.29) is 11.1 Å². The Morgan fingerprint density at radius 1 is 1.28 bits per heavy atom. The first-order valence-electron chi connectivity index (χ1n) is 5.15. The number of aromatic amines is 1. The van der Waals surface area contributed by atoms with E-state index in [0.717, 1.165) is 32.7 Å². The first kappa shape index (κ1) is 11.6. The Morgan fingerprint density at radius 2 is 2.11 bits per heavy atom. The maximum atomic E-state index is 11.5. The number of carbonyl (C=O) groups excluding carboxylic acids is 2. The van der Waals surface area contributed by atoms with Gasteiger partial charge < -0.3 is 4.98 Å². The van der Waals surface area contributed by atoms with E-state index in [1.165, 1.54) is 0 Å². The number of hydrogen-bond donors (Lipinski definition) is 2. The van der Waals surface area contributed by atoms with Gasteiger partial charge in [0.05, 0.1) is 4.91 Å². The summed E-state index contributed by atoms with van der Waals surface area (Å²) in [4.78, 5) is 26.1. The Kier molecular flexibility index (Phi) is 2.76. The highest BCUT2D eigenvalue weighted by molar-refractivity contribution is 9.10. The van der Waals surface area contributed by atoms with Gasteiger partial charge in [0.1, 0.15) is 0 Å². The number of amides is 2. The van der Waals surface area contributed by atoms with Gasteiger partial charge in [-0.1, -0.05) is 22.0 Å². The summed E-state index contributed by atoms with van der Waals surface area (Å²) < 4.78 is 0.985. The maximum absolute atomic E-state index is 11.5. The van der Waals surface area contributed by atoms with Crippen LogP contribution >= 0.6 is 27.7 Å². The predicted octanol–water partition coefficient (Wildman–Crippen LogP) is 3.25. The van der Waals surface area contributed by atoms with Crippen molar-refractivity contribution < 1.29 is 9.59 Å². The summed E-state index contributed by atoms with van der Waals surface area (Å²) >= 11 is 4.32. The van der Waals surface area contributed by atoms with Crippen LogP contribution in [0.15, 0.2) is 33.8 Å². The molecular formula is C12H7BrN2O2S.